The Bertz CT molecular complexity index is 231. The number of aromatic nitrogens is 1. The van der Waals surface area contributed by atoms with Crippen LogP contribution in [0.3, 0.4) is 0 Å². The summed E-state index contributed by atoms with van der Waals surface area (Å²) < 4.78 is 0. The van der Waals surface area contributed by atoms with Crippen LogP contribution < -0.4 is 5.32 Å². The van der Waals surface area contributed by atoms with Crippen molar-refractivity contribution in [1.82, 2.24) is 10.3 Å². The number of nitrogens with zero attached hydrogens (tertiary/aromatic N) is 1. The zero-order chi connectivity index (χ0) is 9.52. The van der Waals surface area contributed by atoms with Gasteiger partial charge in [0.15, 0.2) is 0 Å². The van der Waals surface area contributed by atoms with E-state index in [1.54, 1.807) is 11.3 Å². The number of nitrogens with one attached hydrogen (secondary N) is 1. The highest BCUT2D eigenvalue weighted by Crippen LogP contribution is 2.05. The predicted molar refractivity (Wildman–Crippen MR) is 57.8 cm³/mol. The van der Waals surface area contributed by atoms with Crippen LogP contribution in [0, 0.1) is 0 Å². The van der Waals surface area contributed by atoms with E-state index in [-0.39, 0.29) is 0 Å². The molecule has 1 N–H and O–H groups in total. The molecule has 0 aliphatic heterocycles. The zero-order valence-electron chi connectivity index (χ0n) is 7.99. The Kier molecular flexibility index (Phi) is 4.72. The predicted octanol–water partition coefficient (Wildman–Crippen LogP) is 2.59. The molecule has 1 rings (SSSR count). The standard InChI is InChI=1S/C10H16N2S/c1-3-4-5-9(2)12-7-10-6-11-8-13-10/h3,6,8-9,12H,1,4-5,7H2,2H3. The topological polar surface area (TPSA) is 24.9 Å². The molecule has 0 spiro atoms. The first kappa shape index (κ1) is 10.4. The van der Waals surface area contributed by atoms with Gasteiger partial charge in [-0.1, -0.05) is 6.08 Å². The van der Waals surface area contributed by atoms with Gasteiger partial charge in [-0.15, -0.1) is 17.9 Å². The Morgan fingerprint density at radius 1 is 1.77 bits per heavy atom. The Balaban J connectivity index is 2.15. The van der Waals surface area contributed by atoms with Crippen molar-refractivity contribution in [3.05, 3.63) is 29.2 Å². The second-order valence-corrected chi connectivity index (χ2v) is 4.09. The smallest absolute Gasteiger partial charge is 0.0794 e. The van der Waals surface area contributed by atoms with Gasteiger partial charge in [0.25, 0.3) is 0 Å². The highest BCUT2D eigenvalue weighted by Gasteiger charge is 2.00. The number of thiazole rings is 1. The quantitative estimate of drug-likeness (QED) is 0.707. The average molecular weight is 196 g/mol. The van der Waals surface area contributed by atoms with Crippen molar-refractivity contribution < 1.29 is 0 Å². The number of hydrogen-bond donors (Lipinski definition) is 1. The van der Waals surface area contributed by atoms with E-state index in [4.69, 9.17) is 0 Å². The van der Waals surface area contributed by atoms with Gasteiger partial charge in [0.05, 0.1) is 5.51 Å². The molecule has 1 aromatic heterocycles. The molecule has 2 nitrogen and oxygen atoms in total. The van der Waals surface area contributed by atoms with Crippen LogP contribution in [0.4, 0.5) is 0 Å². The van der Waals surface area contributed by atoms with Crippen LogP contribution in [0.5, 0.6) is 0 Å². The number of rotatable bonds is 6. The van der Waals surface area contributed by atoms with Gasteiger partial charge < -0.3 is 5.32 Å². The molecule has 0 saturated carbocycles. The van der Waals surface area contributed by atoms with Crippen LogP contribution in [0.2, 0.25) is 0 Å². The highest BCUT2D eigenvalue weighted by atomic mass is 32.1. The van der Waals surface area contributed by atoms with E-state index in [1.165, 1.54) is 4.88 Å². The van der Waals surface area contributed by atoms with Crippen molar-refractivity contribution >= 4 is 11.3 Å². The average Bonchev–Trinajstić information content (AvgIpc) is 2.64. The van der Waals surface area contributed by atoms with Crippen molar-refractivity contribution in [2.75, 3.05) is 0 Å². The van der Waals surface area contributed by atoms with Crippen molar-refractivity contribution in [2.24, 2.45) is 0 Å². The van der Waals surface area contributed by atoms with Crippen LogP contribution in [0.25, 0.3) is 0 Å². The van der Waals surface area contributed by atoms with Gasteiger partial charge in [-0.2, -0.15) is 0 Å². The fourth-order valence-electron chi connectivity index (χ4n) is 1.07. The lowest BCUT2D eigenvalue weighted by molar-refractivity contribution is 0.520. The molecule has 0 radical (unpaired) electrons. The van der Waals surface area contributed by atoms with Crippen LogP contribution in [0.1, 0.15) is 24.6 Å². The molecule has 1 unspecified atom stereocenters. The molecule has 72 valence electrons. The number of allylic oxidation sites excluding steroid dienone is 1. The monoisotopic (exact) mass is 196 g/mol. The Labute approximate surface area is 83.7 Å². The summed E-state index contributed by atoms with van der Waals surface area (Å²) in [5, 5.41) is 3.44. The first-order chi connectivity index (χ1) is 6.33. The Morgan fingerprint density at radius 3 is 3.23 bits per heavy atom. The van der Waals surface area contributed by atoms with Crippen LogP contribution in [-0.2, 0) is 6.54 Å². The first-order valence-electron chi connectivity index (χ1n) is 4.54. The number of hydrogen-bond acceptors (Lipinski definition) is 3. The summed E-state index contributed by atoms with van der Waals surface area (Å²) in [5.41, 5.74) is 1.87. The molecule has 0 aromatic carbocycles. The summed E-state index contributed by atoms with van der Waals surface area (Å²) in [7, 11) is 0. The molecule has 0 aliphatic carbocycles. The van der Waals surface area contributed by atoms with Gasteiger partial charge in [-0.25, -0.2) is 0 Å². The molecular formula is C10H16N2S. The highest BCUT2D eigenvalue weighted by molar-refractivity contribution is 7.09. The largest absolute Gasteiger partial charge is 0.309 e. The summed E-state index contributed by atoms with van der Waals surface area (Å²) in [5.74, 6) is 0. The summed E-state index contributed by atoms with van der Waals surface area (Å²) in [6, 6.07) is 0.556. The molecule has 0 amide bonds. The molecular weight excluding hydrogens is 180 g/mol. The van der Waals surface area contributed by atoms with Crippen molar-refractivity contribution in [3.63, 3.8) is 0 Å². The zero-order valence-corrected chi connectivity index (χ0v) is 8.81. The third-order valence-corrected chi connectivity index (χ3v) is 2.69. The maximum Gasteiger partial charge on any atom is 0.0794 e. The molecule has 0 saturated heterocycles. The molecule has 1 heterocycles. The van der Waals surface area contributed by atoms with Crippen molar-refractivity contribution in [3.8, 4) is 0 Å². The van der Waals surface area contributed by atoms with Crippen molar-refractivity contribution in [1.29, 1.82) is 0 Å². The van der Waals surface area contributed by atoms with Gasteiger partial charge >= 0.3 is 0 Å². The summed E-state index contributed by atoms with van der Waals surface area (Å²) in [6.45, 7) is 6.84. The molecule has 0 fully saturated rings. The second-order valence-electron chi connectivity index (χ2n) is 3.12. The van der Waals surface area contributed by atoms with E-state index >= 15 is 0 Å². The fourth-order valence-corrected chi connectivity index (χ4v) is 1.62. The van der Waals surface area contributed by atoms with E-state index in [1.807, 2.05) is 17.8 Å². The third kappa shape index (κ3) is 4.20. The first-order valence-corrected chi connectivity index (χ1v) is 5.42. The maximum absolute atomic E-state index is 4.02. The second kappa shape index (κ2) is 5.89. The summed E-state index contributed by atoms with van der Waals surface area (Å²) in [4.78, 5) is 5.32. The maximum atomic E-state index is 4.02. The van der Waals surface area contributed by atoms with Crippen molar-refractivity contribution in [2.45, 2.75) is 32.4 Å². The summed E-state index contributed by atoms with van der Waals surface area (Å²) >= 11 is 1.69. The minimum atomic E-state index is 0.556. The van der Waals surface area contributed by atoms with Crippen LogP contribution >= 0.6 is 11.3 Å². The molecule has 3 heteroatoms. The third-order valence-electron chi connectivity index (χ3n) is 1.91. The Hall–Kier alpha value is -0.670. The Morgan fingerprint density at radius 2 is 2.62 bits per heavy atom. The SMILES string of the molecule is C=CCCC(C)NCc1cncs1. The molecule has 0 aliphatic rings. The van der Waals surface area contributed by atoms with Gasteiger partial charge in [-0.05, 0) is 19.8 Å². The summed E-state index contributed by atoms with van der Waals surface area (Å²) in [6.07, 6.45) is 6.11. The normalized spacial score (nSPS) is 12.7. The van der Waals surface area contributed by atoms with Gasteiger partial charge in [-0.3, -0.25) is 4.98 Å². The van der Waals surface area contributed by atoms with Crippen LogP contribution in [-0.4, -0.2) is 11.0 Å². The lowest BCUT2D eigenvalue weighted by Crippen LogP contribution is -2.24. The minimum absolute atomic E-state index is 0.556. The van der Waals surface area contributed by atoms with Gasteiger partial charge in [0.2, 0.25) is 0 Å². The molecule has 1 aromatic rings. The van der Waals surface area contributed by atoms with E-state index < -0.39 is 0 Å². The lowest BCUT2D eigenvalue weighted by atomic mass is 10.2. The molecule has 0 bridgehead atoms. The van der Waals surface area contributed by atoms with E-state index in [0.717, 1.165) is 19.4 Å². The van der Waals surface area contributed by atoms with Gasteiger partial charge in [0.1, 0.15) is 0 Å². The molecule has 1 atom stereocenters. The fraction of sp³-hybridized carbons (Fsp3) is 0.500. The van der Waals surface area contributed by atoms with E-state index in [2.05, 4.69) is 23.8 Å². The molecule has 13 heavy (non-hydrogen) atoms. The lowest BCUT2D eigenvalue weighted by Gasteiger charge is -2.10. The van der Waals surface area contributed by atoms with Crippen LogP contribution in [0.15, 0.2) is 24.4 Å². The van der Waals surface area contributed by atoms with E-state index in [0.29, 0.717) is 6.04 Å². The van der Waals surface area contributed by atoms with Gasteiger partial charge in [0, 0.05) is 23.7 Å². The minimum Gasteiger partial charge on any atom is -0.309 e. The van der Waals surface area contributed by atoms with E-state index in [9.17, 15) is 0 Å².